The van der Waals surface area contributed by atoms with Gasteiger partial charge in [0.05, 0.1) is 12.2 Å². The van der Waals surface area contributed by atoms with Gasteiger partial charge < -0.3 is 20.7 Å². The molecule has 1 aromatic carbocycles. The van der Waals surface area contributed by atoms with Gasteiger partial charge in [0.25, 0.3) is 5.91 Å². The highest BCUT2D eigenvalue weighted by molar-refractivity contribution is 14.0. The van der Waals surface area contributed by atoms with Crippen molar-refractivity contribution in [3.8, 4) is 5.75 Å². The van der Waals surface area contributed by atoms with E-state index in [0.717, 1.165) is 49.7 Å². The summed E-state index contributed by atoms with van der Waals surface area (Å²) >= 11 is 0. The summed E-state index contributed by atoms with van der Waals surface area (Å²) in [5.41, 5.74) is 4.52. The number of guanidine groups is 1. The monoisotopic (exact) mass is 554 g/mol. The number of aliphatic imine (C=N–C) groups is 1. The van der Waals surface area contributed by atoms with Crippen LogP contribution in [-0.2, 0) is 24.8 Å². The van der Waals surface area contributed by atoms with Crippen molar-refractivity contribution in [3.05, 3.63) is 46.8 Å². The maximum absolute atomic E-state index is 11.7. The third-order valence-electron chi connectivity index (χ3n) is 5.34. The third-order valence-corrected chi connectivity index (χ3v) is 5.34. The summed E-state index contributed by atoms with van der Waals surface area (Å²) in [4.78, 5) is 16.4. The van der Waals surface area contributed by atoms with E-state index in [4.69, 9.17) is 9.73 Å². The first-order valence-electron chi connectivity index (χ1n) is 11.0. The zero-order valence-electron chi connectivity index (χ0n) is 19.4. The Hall–Kier alpha value is -2.30. The van der Waals surface area contributed by atoms with Crippen molar-refractivity contribution in [3.63, 3.8) is 0 Å². The van der Waals surface area contributed by atoms with Crippen LogP contribution in [0.2, 0.25) is 0 Å². The summed E-state index contributed by atoms with van der Waals surface area (Å²) in [5, 5.41) is 14.1. The Morgan fingerprint density at radius 2 is 1.94 bits per heavy atom. The van der Waals surface area contributed by atoms with E-state index in [1.807, 2.05) is 42.9 Å². The van der Waals surface area contributed by atoms with Crippen molar-refractivity contribution in [1.82, 2.24) is 25.7 Å². The van der Waals surface area contributed by atoms with E-state index in [9.17, 15) is 4.79 Å². The Kier molecular flexibility index (Phi) is 10.3. The highest BCUT2D eigenvalue weighted by Gasteiger charge is 2.23. The van der Waals surface area contributed by atoms with Gasteiger partial charge in [-0.2, -0.15) is 5.10 Å². The highest BCUT2D eigenvalue weighted by atomic mass is 127. The molecule has 0 aliphatic heterocycles. The second kappa shape index (κ2) is 12.7. The van der Waals surface area contributed by atoms with Crippen LogP contribution in [0, 0.1) is 13.8 Å². The molecule has 0 spiro atoms. The predicted octanol–water partition coefficient (Wildman–Crippen LogP) is 2.61. The quantitative estimate of drug-likeness (QED) is 0.239. The minimum atomic E-state index is -0.0531. The fraction of sp³-hybridized carbons (Fsp3) is 0.522. The molecule has 0 radical (unpaired) electrons. The van der Waals surface area contributed by atoms with Gasteiger partial charge >= 0.3 is 0 Å². The van der Waals surface area contributed by atoms with E-state index in [-0.39, 0.29) is 36.5 Å². The molecule has 32 heavy (non-hydrogen) atoms. The molecule has 9 heteroatoms. The molecule has 1 amide bonds. The number of carbonyl (C=O) groups is 1. The van der Waals surface area contributed by atoms with Crippen molar-refractivity contribution in [2.24, 2.45) is 12.0 Å². The molecule has 0 unspecified atom stereocenters. The minimum absolute atomic E-state index is 0. The average Bonchev–Trinajstić information content (AvgIpc) is 3.52. The van der Waals surface area contributed by atoms with Crippen molar-refractivity contribution in [1.29, 1.82) is 0 Å². The van der Waals surface area contributed by atoms with Gasteiger partial charge in [0.1, 0.15) is 5.75 Å². The van der Waals surface area contributed by atoms with E-state index in [2.05, 4.69) is 34.9 Å². The zero-order chi connectivity index (χ0) is 22.2. The molecule has 1 aliphatic rings. The van der Waals surface area contributed by atoms with Gasteiger partial charge in [0.2, 0.25) is 0 Å². The molecule has 2 aromatic rings. The van der Waals surface area contributed by atoms with Crippen LogP contribution in [0.25, 0.3) is 0 Å². The maximum Gasteiger partial charge on any atom is 0.258 e. The van der Waals surface area contributed by atoms with E-state index in [1.165, 1.54) is 11.1 Å². The number of halogens is 1. The van der Waals surface area contributed by atoms with Crippen LogP contribution in [-0.4, -0.2) is 47.4 Å². The lowest BCUT2D eigenvalue weighted by atomic mass is 10.1. The lowest BCUT2D eigenvalue weighted by molar-refractivity contribution is -0.123. The number of hydrogen-bond donors (Lipinski definition) is 3. The van der Waals surface area contributed by atoms with Crippen molar-refractivity contribution < 1.29 is 9.53 Å². The Balaban J connectivity index is 0.00000363. The van der Waals surface area contributed by atoms with Crippen LogP contribution >= 0.6 is 24.0 Å². The standard InChI is InChI=1S/C23H34N6O2.HI/c1-5-24-23(26-14-21-16(2)28-29(4)17(21)3)25-13-12-18-6-10-20(11-7-18)31-15-22(30)27-19-8-9-19;/h6-7,10-11,19H,5,8-9,12-15H2,1-4H3,(H,27,30)(H2,24,25,26);1H. The minimum Gasteiger partial charge on any atom is -0.484 e. The van der Waals surface area contributed by atoms with E-state index in [0.29, 0.717) is 18.3 Å². The molecule has 1 aromatic heterocycles. The molecule has 1 fully saturated rings. The second-order valence-electron chi connectivity index (χ2n) is 7.92. The van der Waals surface area contributed by atoms with Gasteiger partial charge in [0, 0.05) is 37.4 Å². The number of amides is 1. The number of nitrogens with zero attached hydrogens (tertiary/aromatic N) is 3. The first-order valence-corrected chi connectivity index (χ1v) is 11.0. The summed E-state index contributed by atoms with van der Waals surface area (Å²) in [6.45, 7) is 8.37. The van der Waals surface area contributed by atoms with Gasteiger partial charge in [-0.25, -0.2) is 4.99 Å². The topological polar surface area (TPSA) is 92.6 Å². The second-order valence-corrected chi connectivity index (χ2v) is 7.92. The molecule has 1 aliphatic carbocycles. The van der Waals surface area contributed by atoms with Crippen molar-refractivity contribution >= 4 is 35.8 Å². The number of hydrogen-bond acceptors (Lipinski definition) is 4. The van der Waals surface area contributed by atoms with Crippen molar-refractivity contribution in [2.75, 3.05) is 19.7 Å². The van der Waals surface area contributed by atoms with Crippen LogP contribution in [0.15, 0.2) is 29.3 Å². The van der Waals surface area contributed by atoms with Crippen LogP contribution in [0.5, 0.6) is 5.75 Å². The van der Waals surface area contributed by atoms with Crippen LogP contribution in [0.1, 0.15) is 42.3 Å². The van der Waals surface area contributed by atoms with E-state index < -0.39 is 0 Å². The first-order chi connectivity index (χ1) is 15.0. The Morgan fingerprint density at radius 3 is 2.53 bits per heavy atom. The van der Waals surface area contributed by atoms with Gasteiger partial charge in [-0.1, -0.05) is 12.1 Å². The number of carbonyl (C=O) groups excluding carboxylic acids is 1. The molecule has 0 bridgehead atoms. The molecular weight excluding hydrogens is 519 g/mol. The molecule has 3 N–H and O–H groups in total. The molecule has 0 atom stereocenters. The number of aromatic nitrogens is 2. The van der Waals surface area contributed by atoms with Gasteiger partial charge in [-0.15, -0.1) is 24.0 Å². The molecule has 1 saturated carbocycles. The lowest BCUT2D eigenvalue weighted by Gasteiger charge is -2.12. The molecule has 176 valence electrons. The normalized spacial score (nSPS) is 13.3. The maximum atomic E-state index is 11.7. The summed E-state index contributed by atoms with van der Waals surface area (Å²) in [5.74, 6) is 1.45. The van der Waals surface area contributed by atoms with Crippen LogP contribution < -0.4 is 20.7 Å². The van der Waals surface area contributed by atoms with Gasteiger partial charge in [-0.05, 0) is 57.7 Å². The fourth-order valence-corrected chi connectivity index (χ4v) is 3.27. The first kappa shape index (κ1) is 26.0. The highest BCUT2D eigenvalue weighted by Crippen LogP contribution is 2.18. The lowest BCUT2D eigenvalue weighted by Crippen LogP contribution is -2.38. The molecule has 0 saturated heterocycles. The Labute approximate surface area is 207 Å². The summed E-state index contributed by atoms with van der Waals surface area (Å²) < 4.78 is 7.45. The summed E-state index contributed by atoms with van der Waals surface area (Å²) in [6, 6.07) is 8.24. The number of ether oxygens (including phenoxy) is 1. The van der Waals surface area contributed by atoms with Gasteiger partial charge in [0.15, 0.2) is 12.6 Å². The Bertz CT molecular complexity index is 906. The number of nitrogens with one attached hydrogen (secondary N) is 3. The molecule has 1 heterocycles. The van der Waals surface area contributed by atoms with Crippen LogP contribution in [0.3, 0.4) is 0 Å². The zero-order valence-corrected chi connectivity index (χ0v) is 21.7. The number of benzene rings is 1. The summed E-state index contributed by atoms with van der Waals surface area (Å²) in [7, 11) is 1.96. The number of rotatable bonds is 10. The summed E-state index contributed by atoms with van der Waals surface area (Å²) in [6.07, 6.45) is 3.02. The molecule has 8 nitrogen and oxygen atoms in total. The van der Waals surface area contributed by atoms with E-state index >= 15 is 0 Å². The van der Waals surface area contributed by atoms with Crippen LogP contribution in [0.4, 0.5) is 0 Å². The van der Waals surface area contributed by atoms with Crippen molar-refractivity contribution in [2.45, 2.75) is 52.6 Å². The van der Waals surface area contributed by atoms with E-state index in [1.54, 1.807) is 0 Å². The Morgan fingerprint density at radius 1 is 1.22 bits per heavy atom. The largest absolute Gasteiger partial charge is 0.484 e. The fourth-order valence-electron chi connectivity index (χ4n) is 3.27. The predicted molar refractivity (Wildman–Crippen MR) is 138 cm³/mol. The average molecular weight is 554 g/mol. The smallest absolute Gasteiger partial charge is 0.258 e. The van der Waals surface area contributed by atoms with Gasteiger partial charge in [-0.3, -0.25) is 9.48 Å². The molecular formula is C23H35IN6O2. The number of aryl methyl sites for hydroxylation is 2. The SMILES string of the molecule is CCNC(=NCc1c(C)nn(C)c1C)NCCc1ccc(OCC(=O)NC2CC2)cc1.I. The third kappa shape index (κ3) is 7.99. The molecule has 3 rings (SSSR count).